The molecule has 20 heavy (non-hydrogen) atoms. The second-order valence-electron chi connectivity index (χ2n) is 4.72. The van der Waals surface area contributed by atoms with E-state index in [1.165, 1.54) is 6.26 Å². The molecule has 0 atom stereocenters. The largest absolute Gasteiger partial charge is 0.378 e. The maximum atomic E-state index is 11.4. The van der Waals surface area contributed by atoms with Crippen LogP contribution in [-0.4, -0.2) is 27.4 Å². The number of sulfone groups is 1. The van der Waals surface area contributed by atoms with Gasteiger partial charge >= 0.3 is 0 Å². The van der Waals surface area contributed by atoms with Gasteiger partial charge < -0.3 is 5.32 Å². The van der Waals surface area contributed by atoms with Crippen LogP contribution in [0.5, 0.6) is 0 Å². The summed E-state index contributed by atoms with van der Waals surface area (Å²) in [5, 5.41) is 3.24. The van der Waals surface area contributed by atoms with Crippen molar-refractivity contribution in [1.29, 1.82) is 0 Å². The Labute approximate surface area is 118 Å². The molecule has 1 heterocycles. The van der Waals surface area contributed by atoms with Crippen LogP contribution in [0.1, 0.15) is 0 Å². The van der Waals surface area contributed by atoms with E-state index in [1.807, 2.05) is 36.5 Å². The molecule has 102 valence electrons. The number of benzene rings is 2. The van der Waals surface area contributed by atoms with Crippen LogP contribution in [-0.2, 0) is 9.84 Å². The molecule has 1 N–H and O–H groups in total. The molecule has 0 saturated heterocycles. The van der Waals surface area contributed by atoms with Crippen molar-refractivity contribution < 1.29 is 8.42 Å². The van der Waals surface area contributed by atoms with E-state index in [2.05, 4.69) is 10.3 Å². The van der Waals surface area contributed by atoms with Gasteiger partial charge in [-0.05, 0) is 35.4 Å². The summed E-state index contributed by atoms with van der Waals surface area (Å²) in [7, 11) is -3.15. The molecule has 1 aliphatic heterocycles. The van der Waals surface area contributed by atoms with E-state index in [0.29, 0.717) is 4.90 Å². The third-order valence-electron chi connectivity index (χ3n) is 3.23. The molecule has 3 rings (SSSR count). The number of anilines is 1. The fraction of sp³-hybridized carbons (Fsp3) is 0.133. The van der Waals surface area contributed by atoms with Crippen molar-refractivity contribution >= 4 is 27.4 Å². The maximum absolute atomic E-state index is 11.4. The highest BCUT2D eigenvalue weighted by Gasteiger charge is 2.09. The Bertz CT molecular complexity index is 778. The molecule has 0 aliphatic carbocycles. The van der Waals surface area contributed by atoms with Crippen LogP contribution in [0.15, 0.2) is 52.4 Å². The van der Waals surface area contributed by atoms with Gasteiger partial charge in [0.15, 0.2) is 9.84 Å². The summed E-state index contributed by atoms with van der Waals surface area (Å²) in [4.78, 5) is 4.68. The average Bonchev–Trinajstić information content (AvgIpc) is 2.46. The van der Waals surface area contributed by atoms with Gasteiger partial charge in [0, 0.05) is 12.5 Å². The lowest BCUT2D eigenvalue weighted by molar-refractivity contribution is 0.602. The minimum atomic E-state index is -3.15. The highest BCUT2D eigenvalue weighted by atomic mass is 32.2. The van der Waals surface area contributed by atoms with E-state index < -0.39 is 9.84 Å². The van der Waals surface area contributed by atoms with E-state index in [4.69, 9.17) is 0 Å². The van der Waals surface area contributed by atoms with Gasteiger partial charge in [0.05, 0.1) is 22.8 Å². The Kier molecular flexibility index (Phi) is 3.06. The first kappa shape index (κ1) is 12.9. The van der Waals surface area contributed by atoms with Gasteiger partial charge in [-0.1, -0.05) is 18.2 Å². The van der Waals surface area contributed by atoms with Gasteiger partial charge in [0.1, 0.15) is 0 Å². The molecule has 0 spiro atoms. The molecule has 0 radical (unpaired) electrons. The molecule has 0 unspecified atom stereocenters. The van der Waals surface area contributed by atoms with E-state index in [0.717, 1.165) is 29.0 Å². The third-order valence-corrected chi connectivity index (χ3v) is 4.36. The second kappa shape index (κ2) is 4.76. The first-order chi connectivity index (χ1) is 9.54. The van der Waals surface area contributed by atoms with Crippen LogP contribution in [0.25, 0.3) is 11.1 Å². The first-order valence-electron chi connectivity index (χ1n) is 6.25. The Morgan fingerprint density at radius 1 is 1.05 bits per heavy atom. The minimum Gasteiger partial charge on any atom is -0.378 e. The summed E-state index contributed by atoms with van der Waals surface area (Å²) in [6.45, 7) is 0.745. The normalized spacial score (nSPS) is 13.7. The van der Waals surface area contributed by atoms with Crippen molar-refractivity contribution in [3.63, 3.8) is 0 Å². The monoisotopic (exact) mass is 286 g/mol. The molecule has 0 amide bonds. The smallest absolute Gasteiger partial charge is 0.175 e. The van der Waals surface area contributed by atoms with E-state index in [9.17, 15) is 8.42 Å². The third kappa shape index (κ3) is 2.44. The van der Waals surface area contributed by atoms with Crippen molar-refractivity contribution in [2.75, 3.05) is 18.1 Å². The molecule has 1 aliphatic rings. The zero-order valence-electron chi connectivity index (χ0n) is 11.0. The molecule has 5 heteroatoms. The van der Waals surface area contributed by atoms with E-state index >= 15 is 0 Å². The Balaban J connectivity index is 2.00. The Morgan fingerprint density at radius 2 is 1.75 bits per heavy atom. The number of nitrogens with one attached hydrogen (secondary N) is 1. The number of hydrogen-bond acceptors (Lipinski definition) is 4. The quantitative estimate of drug-likeness (QED) is 0.923. The lowest BCUT2D eigenvalue weighted by Gasteiger charge is -2.13. The van der Waals surface area contributed by atoms with Gasteiger partial charge in [-0.3, -0.25) is 4.99 Å². The fourth-order valence-electron chi connectivity index (χ4n) is 2.16. The van der Waals surface area contributed by atoms with Crippen LogP contribution >= 0.6 is 0 Å². The van der Waals surface area contributed by atoms with Crippen molar-refractivity contribution in [3.8, 4) is 11.1 Å². The summed E-state index contributed by atoms with van der Waals surface area (Å²) in [5.41, 5.74) is 3.91. The van der Waals surface area contributed by atoms with Crippen molar-refractivity contribution in [1.82, 2.24) is 0 Å². The number of rotatable bonds is 2. The first-order valence-corrected chi connectivity index (χ1v) is 8.14. The van der Waals surface area contributed by atoms with Gasteiger partial charge in [-0.25, -0.2) is 8.42 Å². The number of hydrogen-bond donors (Lipinski definition) is 1. The number of nitrogens with zero attached hydrogens (tertiary/aromatic N) is 1. The Hall–Kier alpha value is -2.14. The molecule has 2 aromatic carbocycles. The van der Waals surface area contributed by atoms with Gasteiger partial charge in [0.25, 0.3) is 0 Å². The van der Waals surface area contributed by atoms with E-state index in [-0.39, 0.29) is 0 Å². The maximum Gasteiger partial charge on any atom is 0.175 e. The topological polar surface area (TPSA) is 58.5 Å². The summed E-state index contributed by atoms with van der Waals surface area (Å²) in [5.74, 6) is 0. The fourth-order valence-corrected chi connectivity index (χ4v) is 2.79. The molecular formula is C15H14N2O2S. The Morgan fingerprint density at radius 3 is 2.45 bits per heavy atom. The molecule has 0 aromatic heterocycles. The molecule has 0 saturated carbocycles. The summed E-state index contributed by atoms with van der Waals surface area (Å²) < 4.78 is 22.9. The van der Waals surface area contributed by atoms with E-state index in [1.54, 1.807) is 12.1 Å². The second-order valence-corrected chi connectivity index (χ2v) is 6.74. The predicted octanol–water partition coefficient (Wildman–Crippen LogP) is 2.88. The van der Waals surface area contributed by atoms with Crippen molar-refractivity contribution in [3.05, 3.63) is 42.5 Å². The predicted molar refractivity (Wildman–Crippen MR) is 81.6 cm³/mol. The average molecular weight is 286 g/mol. The molecule has 0 fully saturated rings. The number of aliphatic imine (C=N–C) groups is 1. The highest BCUT2D eigenvalue weighted by molar-refractivity contribution is 7.90. The molecule has 2 aromatic rings. The van der Waals surface area contributed by atoms with Gasteiger partial charge in [-0.15, -0.1) is 0 Å². The number of fused-ring (bicyclic) bond motifs is 1. The summed E-state index contributed by atoms with van der Waals surface area (Å²) in [6.07, 6.45) is 3.04. The van der Waals surface area contributed by atoms with Crippen LogP contribution in [0.3, 0.4) is 0 Å². The molecular weight excluding hydrogens is 272 g/mol. The SMILES string of the molecule is CS(=O)(=O)c1ccc(-c2ccc3c(c2)N=CCN3)cc1. The lowest BCUT2D eigenvalue weighted by Crippen LogP contribution is -2.06. The van der Waals surface area contributed by atoms with Crippen LogP contribution < -0.4 is 5.32 Å². The van der Waals surface area contributed by atoms with Gasteiger partial charge in [-0.2, -0.15) is 0 Å². The highest BCUT2D eigenvalue weighted by Crippen LogP contribution is 2.32. The zero-order valence-corrected chi connectivity index (χ0v) is 11.8. The van der Waals surface area contributed by atoms with Crippen LogP contribution in [0, 0.1) is 0 Å². The standard InChI is InChI=1S/C15H14N2O2S/c1-20(18,19)13-5-2-11(3-6-13)12-4-7-14-15(10-12)17-9-8-16-14/h2-7,9-10,16H,8H2,1H3. The summed E-state index contributed by atoms with van der Waals surface area (Å²) in [6, 6.07) is 12.9. The van der Waals surface area contributed by atoms with Crippen LogP contribution in [0.4, 0.5) is 11.4 Å². The minimum absolute atomic E-state index is 0.332. The lowest BCUT2D eigenvalue weighted by atomic mass is 10.0. The summed E-state index contributed by atoms with van der Waals surface area (Å²) >= 11 is 0. The zero-order chi connectivity index (χ0) is 14.2. The van der Waals surface area contributed by atoms with Crippen molar-refractivity contribution in [2.45, 2.75) is 4.90 Å². The van der Waals surface area contributed by atoms with Gasteiger partial charge in [0.2, 0.25) is 0 Å². The molecule has 4 nitrogen and oxygen atoms in total. The molecule has 0 bridgehead atoms. The van der Waals surface area contributed by atoms with Crippen molar-refractivity contribution in [2.24, 2.45) is 4.99 Å². The van der Waals surface area contributed by atoms with Crippen LogP contribution in [0.2, 0.25) is 0 Å².